The smallest absolute Gasteiger partial charge is 0.253 e. The highest BCUT2D eigenvalue weighted by molar-refractivity contribution is 6.31. The topological polar surface area (TPSA) is 58.6 Å². The van der Waals surface area contributed by atoms with Crippen molar-refractivity contribution < 1.29 is 14.3 Å². The summed E-state index contributed by atoms with van der Waals surface area (Å²) in [6, 6.07) is 10.4. The number of amides is 2. The van der Waals surface area contributed by atoms with Crippen molar-refractivity contribution in [2.24, 2.45) is 0 Å². The van der Waals surface area contributed by atoms with E-state index in [1.165, 1.54) is 18.1 Å². The summed E-state index contributed by atoms with van der Waals surface area (Å²) in [5.74, 6) is -0.0251. The van der Waals surface area contributed by atoms with Crippen LogP contribution in [0.2, 0.25) is 5.02 Å². The first-order valence-electron chi connectivity index (χ1n) is 7.96. The predicted molar refractivity (Wildman–Crippen MR) is 105 cm³/mol. The zero-order chi connectivity index (χ0) is 19.3. The molecule has 2 aromatic carbocycles. The van der Waals surface area contributed by atoms with Crippen LogP contribution in [-0.4, -0.2) is 37.9 Å². The fourth-order valence-corrected chi connectivity index (χ4v) is 2.44. The van der Waals surface area contributed by atoms with Gasteiger partial charge in [0.1, 0.15) is 5.75 Å². The summed E-state index contributed by atoms with van der Waals surface area (Å²) in [5, 5.41) is 3.38. The van der Waals surface area contributed by atoms with Crippen molar-refractivity contribution in [1.82, 2.24) is 4.90 Å². The van der Waals surface area contributed by atoms with Crippen molar-refractivity contribution in [3.05, 3.63) is 64.2 Å². The SMILES string of the molecule is COc1ccc(C(=O)N(C)C)cc1NC(=O)C=Cc1ccc(C)c(Cl)c1. The van der Waals surface area contributed by atoms with Crippen LogP contribution < -0.4 is 10.1 Å². The Morgan fingerprint density at radius 3 is 2.50 bits per heavy atom. The number of hydrogen-bond donors (Lipinski definition) is 1. The number of nitrogens with zero attached hydrogens (tertiary/aromatic N) is 1. The van der Waals surface area contributed by atoms with Gasteiger partial charge in [0.25, 0.3) is 5.91 Å². The number of halogens is 1. The van der Waals surface area contributed by atoms with Crippen molar-refractivity contribution in [2.45, 2.75) is 6.92 Å². The summed E-state index contributed by atoms with van der Waals surface area (Å²) >= 11 is 6.08. The zero-order valence-corrected chi connectivity index (χ0v) is 15.9. The van der Waals surface area contributed by atoms with Crippen LogP contribution in [0, 0.1) is 6.92 Å². The third-order valence-corrected chi connectivity index (χ3v) is 4.14. The van der Waals surface area contributed by atoms with Gasteiger partial charge in [0, 0.05) is 30.8 Å². The summed E-state index contributed by atoms with van der Waals surface area (Å²) in [6.45, 7) is 1.91. The fraction of sp³-hybridized carbons (Fsp3) is 0.200. The van der Waals surface area contributed by atoms with Gasteiger partial charge in [0.15, 0.2) is 0 Å². The molecule has 0 aromatic heterocycles. The monoisotopic (exact) mass is 372 g/mol. The maximum Gasteiger partial charge on any atom is 0.253 e. The van der Waals surface area contributed by atoms with Crippen LogP contribution in [-0.2, 0) is 4.79 Å². The third-order valence-electron chi connectivity index (χ3n) is 3.73. The van der Waals surface area contributed by atoms with Crippen LogP contribution in [0.1, 0.15) is 21.5 Å². The number of aryl methyl sites for hydroxylation is 1. The standard InChI is InChI=1S/C20H21ClN2O3/c1-13-5-6-14(11-16(13)21)7-10-19(24)22-17-12-15(20(25)23(2)3)8-9-18(17)26-4/h5-12H,1-4H3,(H,22,24). The Balaban J connectivity index is 2.19. The molecule has 0 aliphatic carbocycles. The van der Waals surface area contributed by atoms with E-state index in [0.717, 1.165) is 11.1 Å². The van der Waals surface area contributed by atoms with Gasteiger partial charge < -0.3 is 15.0 Å². The van der Waals surface area contributed by atoms with Crippen molar-refractivity contribution in [3.63, 3.8) is 0 Å². The minimum absolute atomic E-state index is 0.159. The molecule has 0 fully saturated rings. The predicted octanol–water partition coefficient (Wildman–Crippen LogP) is 4.01. The van der Waals surface area contributed by atoms with Gasteiger partial charge in [0.05, 0.1) is 12.8 Å². The quantitative estimate of drug-likeness (QED) is 0.807. The Labute approximate surface area is 158 Å². The summed E-state index contributed by atoms with van der Waals surface area (Å²) in [7, 11) is 4.84. The molecular formula is C20H21ClN2O3. The van der Waals surface area contributed by atoms with E-state index in [2.05, 4.69) is 5.32 Å². The van der Waals surface area contributed by atoms with Gasteiger partial charge in [-0.25, -0.2) is 0 Å². The van der Waals surface area contributed by atoms with Crippen LogP contribution in [0.4, 0.5) is 5.69 Å². The highest BCUT2D eigenvalue weighted by Gasteiger charge is 2.13. The number of hydrogen-bond acceptors (Lipinski definition) is 3. The lowest BCUT2D eigenvalue weighted by Crippen LogP contribution is -2.22. The molecule has 0 spiro atoms. The first-order chi connectivity index (χ1) is 12.3. The number of methoxy groups -OCH3 is 1. The van der Waals surface area contributed by atoms with Gasteiger partial charge in [-0.2, -0.15) is 0 Å². The number of rotatable bonds is 5. The lowest BCUT2D eigenvalue weighted by molar-refractivity contribution is -0.111. The van der Waals surface area contributed by atoms with Crippen LogP contribution in [0.15, 0.2) is 42.5 Å². The second kappa shape index (κ2) is 8.54. The minimum atomic E-state index is -0.338. The maximum atomic E-state index is 12.2. The molecule has 0 aliphatic rings. The van der Waals surface area contributed by atoms with E-state index >= 15 is 0 Å². The number of ether oxygens (including phenoxy) is 1. The molecule has 0 aliphatic heterocycles. The second-order valence-corrected chi connectivity index (χ2v) is 6.35. The van der Waals surface area contributed by atoms with E-state index in [1.807, 2.05) is 19.1 Å². The largest absolute Gasteiger partial charge is 0.495 e. The molecular weight excluding hydrogens is 352 g/mol. The average Bonchev–Trinajstić information content (AvgIpc) is 2.62. The molecule has 0 saturated carbocycles. The van der Waals surface area contributed by atoms with Gasteiger partial charge in [-0.05, 0) is 48.4 Å². The molecule has 2 rings (SSSR count). The first kappa shape index (κ1) is 19.5. The van der Waals surface area contributed by atoms with Gasteiger partial charge in [-0.15, -0.1) is 0 Å². The average molecular weight is 373 g/mol. The summed E-state index contributed by atoms with van der Waals surface area (Å²) in [4.78, 5) is 25.8. The van der Waals surface area contributed by atoms with Crippen LogP contribution in [0.5, 0.6) is 5.75 Å². The minimum Gasteiger partial charge on any atom is -0.495 e. The molecule has 0 atom stereocenters. The number of carbonyl (C=O) groups excluding carboxylic acids is 2. The molecule has 0 unspecified atom stereocenters. The summed E-state index contributed by atoms with van der Waals surface area (Å²) < 4.78 is 5.25. The van der Waals surface area contributed by atoms with E-state index in [9.17, 15) is 9.59 Å². The first-order valence-corrected chi connectivity index (χ1v) is 8.34. The summed E-state index contributed by atoms with van der Waals surface area (Å²) in [5.41, 5.74) is 2.68. The van der Waals surface area contributed by atoms with E-state index in [1.54, 1.807) is 44.4 Å². The highest BCUT2D eigenvalue weighted by atomic mass is 35.5. The fourth-order valence-electron chi connectivity index (χ4n) is 2.26. The van der Waals surface area contributed by atoms with Crippen molar-refractivity contribution in [2.75, 3.05) is 26.5 Å². The van der Waals surface area contributed by atoms with Crippen LogP contribution in [0.25, 0.3) is 6.08 Å². The normalized spacial score (nSPS) is 10.7. The molecule has 26 heavy (non-hydrogen) atoms. The molecule has 5 nitrogen and oxygen atoms in total. The number of benzene rings is 2. The third kappa shape index (κ3) is 4.86. The van der Waals surface area contributed by atoms with Crippen molar-refractivity contribution in [3.8, 4) is 5.75 Å². The molecule has 136 valence electrons. The molecule has 0 bridgehead atoms. The lowest BCUT2D eigenvalue weighted by Gasteiger charge is -2.14. The molecule has 0 heterocycles. The highest BCUT2D eigenvalue weighted by Crippen LogP contribution is 2.26. The van der Waals surface area contributed by atoms with E-state index in [-0.39, 0.29) is 11.8 Å². The number of carbonyl (C=O) groups is 2. The lowest BCUT2D eigenvalue weighted by atomic mass is 10.1. The molecule has 1 N–H and O–H groups in total. The number of anilines is 1. The zero-order valence-electron chi connectivity index (χ0n) is 15.2. The Bertz CT molecular complexity index is 860. The van der Waals surface area contributed by atoms with E-state index in [0.29, 0.717) is 22.0 Å². The molecule has 2 amide bonds. The maximum absolute atomic E-state index is 12.2. The number of nitrogens with one attached hydrogen (secondary N) is 1. The molecule has 0 saturated heterocycles. The molecule has 2 aromatic rings. The second-order valence-electron chi connectivity index (χ2n) is 5.95. The van der Waals surface area contributed by atoms with Gasteiger partial charge >= 0.3 is 0 Å². The van der Waals surface area contributed by atoms with Gasteiger partial charge in [-0.3, -0.25) is 9.59 Å². The Morgan fingerprint density at radius 2 is 1.88 bits per heavy atom. The van der Waals surface area contributed by atoms with Crippen molar-refractivity contribution in [1.29, 1.82) is 0 Å². The Hall–Kier alpha value is -2.79. The van der Waals surface area contributed by atoms with Crippen molar-refractivity contribution >= 4 is 35.2 Å². The molecule has 6 heteroatoms. The summed E-state index contributed by atoms with van der Waals surface area (Å²) in [6.07, 6.45) is 3.07. The Kier molecular flexibility index (Phi) is 6.41. The van der Waals surface area contributed by atoms with Crippen LogP contribution in [0.3, 0.4) is 0 Å². The molecule has 0 radical (unpaired) electrons. The van der Waals surface area contributed by atoms with Gasteiger partial charge in [-0.1, -0.05) is 23.7 Å². The Morgan fingerprint density at radius 1 is 1.15 bits per heavy atom. The van der Waals surface area contributed by atoms with Gasteiger partial charge in [0.2, 0.25) is 5.91 Å². The van der Waals surface area contributed by atoms with Crippen LogP contribution >= 0.6 is 11.6 Å². The van der Waals surface area contributed by atoms with E-state index in [4.69, 9.17) is 16.3 Å². The van der Waals surface area contributed by atoms with E-state index < -0.39 is 0 Å².